The molecule has 2 N–H and O–H groups in total. The Morgan fingerprint density at radius 3 is 3.11 bits per heavy atom. The van der Waals surface area contributed by atoms with Gasteiger partial charge in [0, 0.05) is 25.2 Å². The van der Waals surface area contributed by atoms with E-state index in [0.717, 1.165) is 18.0 Å². The lowest BCUT2D eigenvalue weighted by molar-refractivity contribution is -0.119. The Morgan fingerprint density at radius 2 is 2.44 bits per heavy atom. The summed E-state index contributed by atoms with van der Waals surface area (Å²) in [6, 6.07) is 3.93. The van der Waals surface area contributed by atoms with Gasteiger partial charge in [-0.2, -0.15) is 0 Å². The van der Waals surface area contributed by atoms with Crippen molar-refractivity contribution in [3.8, 4) is 5.75 Å². The van der Waals surface area contributed by atoms with Crippen molar-refractivity contribution in [2.75, 3.05) is 11.9 Å². The molecule has 1 amide bonds. The number of carbonyl (C=O) groups is 1. The van der Waals surface area contributed by atoms with E-state index in [0.29, 0.717) is 13.0 Å². The Hall–Kier alpha value is -1.78. The Balaban J connectivity index is 1.94. The highest BCUT2D eigenvalue weighted by molar-refractivity contribution is 5.78. The second-order valence-corrected chi connectivity index (χ2v) is 4.70. The maximum Gasteiger partial charge on any atom is 0.220 e. The summed E-state index contributed by atoms with van der Waals surface area (Å²) in [7, 11) is 0. The highest BCUT2D eigenvalue weighted by atomic mass is 16.5. The first-order valence-electron chi connectivity index (χ1n) is 6.30. The zero-order chi connectivity index (χ0) is 13.0. The van der Waals surface area contributed by atoms with Crippen LogP contribution in [0.1, 0.15) is 26.7 Å². The van der Waals surface area contributed by atoms with Crippen molar-refractivity contribution >= 4 is 11.7 Å². The van der Waals surface area contributed by atoms with E-state index in [4.69, 9.17) is 4.74 Å². The number of amides is 1. The van der Waals surface area contributed by atoms with Gasteiger partial charge in [0.15, 0.2) is 11.6 Å². The predicted molar refractivity (Wildman–Crippen MR) is 69.7 cm³/mol. The smallest absolute Gasteiger partial charge is 0.220 e. The highest BCUT2D eigenvalue weighted by Gasteiger charge is 2.20. The monoisotopic (exact) mass is 249 g/mol. The molecule has 1 fully saturated rings. The van der Waals surface area contributed by atoms with Crippen molar-refractivity contribution in [1.82, 2.24) is 10.3 Å². The number of aromatic nitrogens is 1. The van der Waals surface area contributed by atoms with Crippen molar-refractivity contribution in [2.24, 2.45) is 0 Å². The molecule has 98 valence electrons. The lowest BCUT2D eigenvalue weighted by Crippen LogP contribution is -2.32. The van der Waals surface area contributed by atoms with Crippen molar-refractivity contribution in [3.63, 3.8) is 0 Å². The molecule has 1 saturated heterocycles. The first kappa shape index (κ1) is 12.7. The van der Waals surface area contributed by atoms with Crippen LogP contribution >= 0.6 is 0 Å². The van der Waals surface area contributed by atoms with Gasteiger partial charge in [0.1, 0.15) is 0 Å². The summed E-state index contributed by atoms with van der Waals surface area (Å²) in [5.74, 6) is 1.60. The molecule has 0 aromatic carbocycles. The number of hydrogen-bond donors (Lipinski definition) is 2. The number of hydrogen-bond acceptors (Lipinski definition) is 4. The second kappa shape index (κ2) is 5.71. The molecule has 18 heavy (non-hydrogen) atoms. The Kier molecular flexibility index (Phi) is 4.02. The molecule has 1 aliphatic heterocycles. The quantitative estimate of drug-likeness (QED) is 0.831. The van der Waals surface area contributed by atoms with E-state index in [-0.39, 0.29) is 18.1 Å². The molecule has 1 aromatic rings. The van der Waals surface area contributed by atoms with Gasteiger partial charge in [-0.25, -0.2) is 4.98 Å². The zero-order valence-electron chi connectivity index (χ0n) is 10.8. The van der Waals surface area contributed by atoms with E-state index in [1.165, 1.54) is 0 Å². The molecular formula is C13H19N3O2. The minimum Gasteiger partial charge on any atom is -0.487 e. The lowest BCUT2D eigenvalue weighted by atomic mass is 10.2. The third-order valence-electron chi connectivity index (χ3n) is 2.73. The van der Waals surface area contributed by atoms with E-state index in [9.17, 15) is 4.79 Å². The molecule has 2 heterocycles. The van der Waals surface area contributed by atoms with Crippen molar-refractivity contribution in [1.29, 1.82) is 0 Å². The number of carbonyl (C=O) groups excluding carboxylic acids is 1. The van der Waals surface area contributed by atoms with Crippen LogP contribution in [0.25, 0.3) is 0 Å². The van der Waals surface area contributed by atoms with Gasteiger partial charge in [-0.3, -0.25) is 4.79 Å². The van der Waals surface area contributed by atoms with Gasteiger partial charge in [0.2, 0.25) is 5.91 Å². The van der Waals surface area contributed by atoms with Gasteiger partial charge in [-0.1, -0.05) is 0 Å². The minimum atomic E-state index is 0.112. The van der Waals surface area contributed by atoms with Gasteiger partial charge in [-0.05, 0) is 32.4 Å². The number of anilines is 1. The van der Waals surface area contributed by atoms with Crippen LogP contribution < -0.4 is 15.4 Å². The van der Waals surface area contributed by atoms with Crippen LogP contribution in [0, 0.1) is 0 Å². The number of nitrogens with zero attached hydrogens (tertiary/aromatic N) is 1. The summed E-state index contributed by atoms with van der Waals surface area (Å²) in [6.45, 7) is 4.64. The number of rotatable bonds is 5. The van der Waals surface area contributed by atoms with Crippen LogP contribution in [0.2, 0.25) is 0 Å². The summed E-state index contributed by atoms with van der Waals surface area (Å²) >= 11 is 0. The standard InChI is InChI=1S/C13H19N3O2/c1-9(2)18-11-4-3-7-14-13(11)15-8-10-5-6-12(17)16-10/h3-4,7,9-10H,5-6,8H2,1-2H3,(H,14,15)(H,16,17). The number of pyridine rings is 1. The molecule has 0 radical (unpaired) electrons. The third-order valence-corrected chi connectivity index (χ3v) is 2.73. The minimum absolute atomic E-state index is 0.112. The highest BCUT2D eigenvalue weighted by Crippen LogP contribution is 2.22. The van der Waals surface area contributed by atoms with Crippen LogP contribution in [-0.4, -0.2) is 29.6 Å². The summed E-state index contributed by atoms with van der Waals surface area (Å²) in [5, 5.41) is 6.14. The first-order valence-corrected chi connectivity index (χ1v) is 6.30. The van der Waals surface area contributed by atoms with Gasteiger partial charge < -0.3 is 15.4 Å². The maximum absolute atomic E-state index is 11.1. The fourth-order valence-electron chi connectivity index (χ4n) is 1.92. The summed E-state index contributed by atoms with van der Waals surface area (Å²) in [4.78, 5) is 15.4. The molecule has 0 aliphatic carbocycles. The topological polar surface area (TPSA) is 63.2 Å². The van der Waals surface area contributed by atoms with E-state index in [1.54, 1.807) is 6.20 Å². The molecule has 0 bridgehead atoms. The Bertz CT molecular complexity index is 420. The van der Waals surface area contributed by atoms with Crippen LogP contribution in [0.3, 0.4) is 0 Å². The van der Waals surface area contributed by atoms with Crippen LogP contribution in [0.4, 0.5) is 5.82 Å². The van der Waals surface area contributed by atoms with E-state index >= 15 is 0 Å². The summed E-state index contributed by atoms with van der Waals surface area (Å²) < 4.78 is 5.67. The molecule has 1 aliphatic rings. The fraction of sp³-hybridized carbons (Fsp3) is 0.538. The van der Waals surface area contributed by atoms with Gasteiger partial charge in [0.25, 0.3) is 0 Å². The largest absolute Gasteiger partial charge is 0.487 e. The van der Waals surface area contributed by atoms with Crippen molar-refractivity contribution < 1.29 is 9.53 Å². The van der Waals surface area contributed by atoms with Crippen molar-refractivity contribution in [2.45, 2.75) is 38.8 Å². The average Bonchev–Trinajstić information content (AvgIpc) is 2.73. The van der Waals surface area contributed by atoms with Crippen LogP contribution in [0.15, 0.2) is 18.3 Å². The van der Waals surface area contributed by atoms with Gasteiger partial charge in [-0.15, -0.1) is 0 Å². The molecule has 5 heteroatoms. The van der Waals surface area contributed by atoms with Crippen LogP contribution in [-0.2, 0) is 4.79 Å². The maximum atomic E-state index is 11.1. The first-order chi connectivity index (χ1) is 8.65. The normalized spacial score (nSPS) is 18.8. The van der Waals surface area contributed by atoms with Gasteiger partial charge >= 0.3 is 0 Å². The molecule has 5 nitrogen and oxygen atoms in total. The van der Waals surface area contributed by atoms with E-state index in [2.05, 4.69) is 15.6 Å². The zero-order valence-corrected chi connectivity index (χ0v) is 10.8. The third kappa shape index (κ3) is 3.35. The van der Waals surface area contributed by atoms with Gasteiger partial charge in [0.05, 0.1) is 6.10 Å². The Labute approximate surface area is 107 Å². The molecular weight excluding hydrogens is 230 g/mol. The molecule has 1 unspecified atom stereocenters. The molecule has 1 aromatic heterocycles. The van der Waals surface area contributed by atoms with Crippen molar-refractivity contribution in [3.05, 3.63) is 18.3 Å². The molecule has 0 saturated carbocycles. The predicted octanol–water partition coefficient (Wildman–Crippen LogP) is 1.56. The summed E-state index contributed by atoms with van der Waals surface area (Å²) in [5.41, 5.74) is 0. The van der Waals surface area contributed by atoms with Crippen LogP contribution in [0.5, 0.6) is 5.75 Å². The van der Waals surface area contributed by atoms with E-state index in [1.807, 2.05) is 26.0 Å². The van der Waals surface area contributed by atoms with E-state index < -0.39 is 0 Å². The number of ether oxygens (including phenoxy) is 1. The molecule has 0 spiro atoms. The summed E-state index contributed by atoms with van der Waals surface area (Å²) in [6.07, 6.45) is 3.33. The lowest BCUT2D eigenvalue weighted by Gasteiger charge is -2.16. The molecule has 1 atom stereocenters. The molecule has 2 rings (SSSR count). The SMILES string of the molecule is CC(C)Oc1cccnc1NCC1CCC(=O)N1. The second-order valence-electron chi connectivity index (χ2n) is 4.70. The fourth-order valence-corrected chi connectivity index (χ4v) is 1.92. The number of nitrogens with one attached hydrogen (secondary N) is 2. The average molecular weight is 249 g/mol. The Morgan fingerprint density at radius 1 is 1.61 bits per heavy atom.